The Morgan fingerprint density at radius 2 is 0.515 bits per heavy atom. The maximum atomic E-state index is 5.39. The molecule has 0 bridgehead atoms. The topological polar surface area (TPSA) is 66.3 Å². The average Bonchev–Trinajstić information content (AvgIpc) is 1.58. The SMILES string of the molecule is Brc1ccc(-c2cc(-c3cc(Br)cc(Br)c3)nc(-c3ccccc3)n2)cc1.c1ccc(-c2nc(-c3ccc(-n4c5ccccc5c5ccccc54)cc3)cc(-c3cc(-n4c5ccccc5c5ccccc54)cc(-n4c5ccccc5c5ccccc54)c3)n2)cc1.c1ccc2c(c1)Cc1ccccc1-2. The van der Waals surface area contributed by atoms with Gasteiger partial charge in [-0.05, 0) is 138 Å². The van der Waals surface area contributed by atoms with Gasteiger partial charge in [0.05, 0.1) is 55.9 Å². The van der Waals surface area contributed by atoms with E-state index in [0.29, 0.717) is 11.6 Å². The Kier molecular flexibility index (Phi) is 16.7. The molecule has 0 spiro atoms. The molecule has 19 aromatic rings. The van der Waals surface area contributed by atoms with Crippen LogP contribution < -0.4 is 0 Å². The summed E-state index contributed by atoms with van der Waals surface area (Å²) in [6.45, 7) is 0. The molecule has 5 aromatic heterocycles. The minimum absolute atomic E-state index is 0.676. The highest BCUT2D eigenvalue weighted by Gasteiger charge is 2.22. The van der Waals surface area contributed by atoms with Crippen LogP contribution >= 0.6 is 47.8 Å². The van der Waals surface area contributed by atoms with Gasteiger partial charge in [0.15, 0.2) is 11.6 Å². The van der Waals surface area contributed by atoms with Crippen LogP contribution in [0.5, 0.6) is 0 Å². The minimum atomic E-state index is 0.676. The summed E-state index contributed by atoms with van der Waals surface area (Å²) in [5, 5.41) is 7.37. The molecule has 488 valence electrons. The Bertz CT molecular complexity index is 6080. The molecule has 0 amide bonds. The first kappa shape index (κ1) is 63.3. The van der Waals surface area contributed by atoms with Crippen LogP contribution in [-0.4, -0.2) is 33.6 Å². The van der Waals surface area contributed by atoms with Crippen LogP contribution in [0.1, 0.15) is 11.1 Å². The number of rotatable bonds is 9. The minimum Gasteiger partial charge on any atom is -0.309 e. The number of nitrogens with zero attached hydrogens (tertiary/aromatic N) is 7. The first-order valence-electron chi connectivity index (χ1n) is 34.3. The molecule has 1 aliphatic rings. The van der Waals surface area contributed by atoms with Gasteiger partial charge in [0, 0.05) is 96.2 Å². The van der Waals surface area contributed by atoms with Crippen molar-refractivity contribution in [1.82, 2.24) is 33.6 Å². The van der Waals surface area contributed by atoms with Gasteiger partial charge in [0.25, 0.3) is 0 Å². The van der Waals surface area contributed by atoms with E-state index in [1.54, 1.807) is 0 Å². The van der Waals surface area contributed by atoms with Crippen molar-refractivity contribution >= 4 is 113 Å². The Hall–Kier alpha value is -11.9. The molecule has 5 heterocycles. The van der Waals surface area contributed by atoms with Gasteiger partial charge >= 0.3 is 0 Å². The number of halogens is 3. The third kappa shape index (κ3) is 12.1. The molecule has 0 unspecified atom stereocenters. The van der Waals surface area contributed by atoms with Crippen molar-refractivity contribution in [1.29, 1.82) is 0 Å². The number of fused-ring (bicyclic) bond motifs is 12. The van der Waals surface area contributed by atoms with E-state index in [-0.39, 0.29) is 0 Å². The van der Waals surface area contributed by atoms with Crippen molar-refractivity contribution in [3.63, 3.8) is 0 Å². The zero-order chi connectivity index (χ0) is 68.9. The Labute approximate surface area is 620 Å². The molecular weight excluding hydrogens is 1450 g/mol. The normalized spacial score (nSPS) is 11.6. The lowest BCUT2D eigenvalue weighted by Gasteiger charge is -2.16. The van der Waals surface area contributed by atoms with Crippen molar-refractivity contribution in [2.24, 2.45) is 0 Å². The fourth-order valence-electron chi connectivity index (χ4n) is 14.7. The van der Waals surface area contributed by atoms with E-state index < -0.39 is 0 Å². The largest absolute Gasteiger partial charge is 0.309 e. The maximum absolute atomic E-state index is 5.39. The van der Waals surface area contributed by atoms with Gasteiger partial charge < -0.3 is 13.7 Å². The van der Waals surface area contributed by atoms with Gasteiger partial charge in [0.1, 0.15) is 0 Å². The molecule has 20 rings (SSSR count). The van der Waals surface area contributed by atoms with Crippen LogP contribution in [0.15, 0.2) is 365 Å². The number of hydrogen-bond acceptors (Lipinski definition) is 4. The number of benzene rings is 14. The van der Waals surface area contributed by atoms with Gasteiger partial charge in [-0.2, -0.15) is 0 Å². The zero-order valence-corrected chi connectivity index (χ0v) is 60.2. The Balaban J connectivity index is 0.000000154. The maximum Gasteiger partial charge on any atom is 0.160 e. The summed E-state index contributed by atoms with van der Waals surface area (Å²) < 4.78 is 10.2. The van der Waals surface area contributed by atoms with E-state index in [9.17, 15) is 0 Å². The molecule has 0 atom stereocenters. The monoisotopic (exact) mass is 1510 g/mol. The van der Waals surface area contributed by atoms with Crippen LogP contribution in [0.3, 0.4) is 0 Å². The Morgan fingerprint density at radius 3 is 0.893 bits per heavy atom. The third-order valence-corrected chi connectivity index (χ3v) is 20.8. The second-order valence-corrected chi connectivity index (χ2v) is 28.5. The summed E-state index contributed by atoms with van der Waals surface area (Å²) in [6.07, 6.45) is 1.10. The predicted octanol–water partition coefficient (Wildman–Crippen LogP) is 25.8. The van der Waals surface area contributed by atoms with Crippen LogP contribution in [-0.2, 0) is 6.42 Å². The van der Waals surface area contributed by atoms with E-state index in [2.05, 4.69) is 353 Å². The van der Waals surface area contributed by atoms with Gasteiger partial charge in [0.2, 0.25) is 0 Å². The second kappa shape index (κ2) is 27.2. The molecule has 7 nitrogen and oxygen atoms in total. The highest BCUT2D eigenvalue weighted by Crippen LogP contribution is 2.41. The van der Waals surface area contributed by atoms with Gasteiger partial charge in [-0.1, -0.05) is 290 Å². The summed E-state index contributed by atoms with van der Waals surface area (Å²) in [4.78, 5) is 20.3. The van der Waals surface area contributed by atoms with Crippen molar-refractivity contribution in [3.05, 3.63) is 376 Å². The van der Waals surface area contributed by atoms with E-state index >= 15 is 0 Å². The smallest absolute Gasteiger partial charge is 0.160 e. The molecule has 14 aromatic carbocycles. The molecule has 0 saturated carbocycles. The summed E-state index contributed by atoms with van der Waals surface area (Å²) in [6, 6.07) is 124. The van der Waals surface area contributed by atoms with Gasteiger partial charge in [-0.15, -0.1) is 0 Å². The molecule has 0 radical (unpaired) electrons. The number of aromatic nitrogens is 7. The van der Waals surface area contributed by atoms with E-state index in [1.807, 2.05) is 60.7 Å². The molecule has 0 fully saturated rings. The lowest BCUT2D eigenvalue weighted by atomic mass is 10.0. The third-order valence-electron chi connectivity index (χ3n) is 19.4. The lowest BCUT2D eigenvalue weighted by molar-refractivity contribution is 1.13. The number of hydrogen-bond donors (Lipinski definition) is 0. The molecule has 0 N–H and O–H groups in total. The molecule has 103 heavy (non-hydrogen) atoms. The van der Waals surface area contributed by atoms with Crippen LogP contribution in [0.2, 0.25) is 0 Å². The van der Waals surface area contributed by atoms with Crippen molar-refractivity contribution in [2.75, 3.05) is 0 Å². The molecule has 0 aliphatic heterocycles. The zero-order valence-electron chi connectivity index (χ0n) is 55.5. The summed E-state index contributed by atoms with van der Waals surface area (Å²) in [7, 11) is 0. The van der Waals surface area contributed by atoms with Crippen molar-refractivity contribution < 1.29 is 0 Å². The molecule has 0 saturated heterocycles. The standard InChI is InChI=1S/C58H37N5.C22H13Br3N2.C13H10/c1-2-16-39(17-3-1)58-59-50(38-30-32-41(33-31-38)61-52-24-10-4-18-44(52)45-19-5-11-25-53(45)61)37-51(60-58)40-34-42(62-54-26-12-6-20-46(54)47-21-7-13-27-55(47)62)36-43(35-40)63-56-28-14-8-22-48(56)49-23-9-15-29-57(49)63;23-17-8-6-14(7-9-17)20-13-21(16-10-18(24)12-19(25)11-16)27-22(26-20)15-4-2-1-3-5-15;1-3-7-12-10(5-1)9-11-6-2-4-8-13(11)12/h1-37H;1-13H;1-8H,9H2. The quantitative estimate of drug-likeness (QED) is 0.144. The van der Waals surface area contributed by atoms with E-state index in [0.717, 1.165) is 115 Å². The molecule has 1 aliphatic carbocycles. The first-order chi connectivity index (χ1) is 50.8. The predicted molar refractivity (Wildman–Crippen MR) is 437 cm³/mol. The summed E-state index contributed by atoms with van der Waals surface area (Å²) >= 11 is 10.6. The van der Waals surface area contributed by atoms with Gasteiger partial charge in [-0.3, -0.25) is 0 Å². The fourth-order valence-corrected chi connectivity index (χ4v) is 16.3. The Morgan fingerprint density at radius 1 is 0.214 bits per heavy atom. The van der Waals surface area contributed by atoms with Crippen LogP contribution in [0.25, 0.3) is 161 Å². The van der Waals surface area contributed by atoms with E-state index in [1.165, 1.54) is 65.6 Å². The molecular formula is C93H60Br3N7. The van der Waals surface area contributed by atoms with Crippen molar-refractivity contribution in [3.8, 4) is 96.0 Å². The van der Waals surface area contributed by atoms with E-state index in [4.69, 9.17) is 19.9 Å². The first-order valence-corrected chi connectivity index (χ1v) is 36.7. The number of para-hydroxylation sites is 6. The van der Waals surface area contributed by atoms with Crippen molar-refractivity contribution in [2.45, 2.75) is 6.42 Å². The highest BCUT2D eigenvalue weighted by molar-refractivity contribution is 9.11. The van der Waals surface area contributed by atoms with Gasteiger partial charge in [-0.25, -0.2) is 19.9 Å². The lowest BCUT2D eigenvalue weighted by Crippen LogP contribution is -2.01. The second-order valence-electron chi connectivity index (χ2n) is 25.7. The van der Waals surface area contributed by atoms with Crippen LogP contribution in [0.4, 0.5) is 0 Å². The highest BCUT2D eigenvalue weighted by atomic mass is 79.9. The fraction of sp³-hybridized carbons (Fsp3) is 0.0108. The summed E-state index contributed by atoms with van der Waals surface area (Å²) in [5.41, 5.74) is 25.4. The average molecular weight is 1520 g/mol. The van der Waals surface area contributed by atoms with Crippen LogP contribution in [0, 0.1) is 0 Å². The molecule has 10 heteroatoms. The summed E-state index contributed by atoms with van der Waals surface area (Å²) in [5.74, 6) is 1.39.